The van der Waals surface area contributed by atoms with Gasteiger partial charge in [0.25, 0.3) is 5.56 Å². The molecule has 1 aliphatic heterocycles. The summed E-state index contributed by atoms with van der Waals surface area (Å²) in [6.07, 6.45) is 0.560. The molecule has 0 fully saturated rings. The van der Waals surface area contributed by atoms with Crippen LogP contribution in [0.15, 0.2) is 77.6 Å². The van der Waals surface area contributed by atoms with Crippen molar-refractivity contribution in [2.75, 3.05) is 0 Å². The van der Waals surface area contributed by atoms with Gasteiger partial charge in [0.1, 0.15) is 5.41 Å². The number of fused-ring (bicyclic) bond motifs is 7. The monoisotopic (exact) mass is 383 g/mol. The van der Waals surface area contributed by atoms with E-state index in [1.807, 2.05) is 54.6 Å². The fraction of sp³-hybridized carbons (Fsp3) is 0.0833. The molecule has 1 aromatic heterocycles. The third-order valence-electron chi connectivity index (χ3n) is 6.13. The van der Waals surface area contributed by atoms with Gasteiger partial charge in [-0.15, -0.1) is 0 Å². The predicted octanol–water partition coefficient (Wildman–Crippen LogP) is 4.68. The number of Topliss-reactive ketones (excluding diaryl/α,β-unsaturated/α-hetero) is 1. The van der Waals surface area contributed by atoms with Crippen LogP contribution in [0.3, 0.4) is 0 Å². The molecule has 28 heavy (non-hydrogen) atoms. The summed E-state index contributed by atoms with van der Waals surface area (Å²) in [4.78, 5) is 27.1. The van der Waals surface area contributed by atoms with Crippen LogP contribution in [0.25, 0.3) is 16.5 Å². The number of nitrogens with zero attached hydrogens (tertiary/aromatic N) is 1. The SMILES string of the molecule is O=C1c2ccccc2CC12c1ccccc1-n1c2cc2cc(Cl)ccc2c1=O. The summed E-state index contributed by atoms with van der Waals surface area (Å²) in [6, 6.07) is 22.7. The van der Waals surface area contributed by atoms with Crippen molar-refractivity contribution in [1.29, 1.82) is 0 Å². The lowest BCUT2D eigenvalue weighted by molar-refractivity contribution is 0.0930. The first-order valence-corrected chi connectivity index (χ1v) is 9.57. The molecule has 4 heteroatoms. The van der Waals surface area contributed by atoms with Crippen molar-refractivity contribution in [3.05, 3.63) is 111 Å². The Morgan fingerprint density at radius 3 is 2.54 bits per heavy atom. The number of rotatable bonds is 0. The van der Waals surface area contributed by atoms with Gasteiger partial charge in [-0.1, -0.05) is 54.1 Å². The molecule has 0 amide bonds. The van der Waals surface area contributed by atoms with Crippen molar-refractivity contribution >= 4 is 28.2 Å². The number of para-hydroxylation sites is 1. The maximum Gasteiger partial charge on any atom is 0.263 e. The molecule has 3 aromatic carbocycles. The zero-order valence-corrected chi connectivity index (χ0v) is 15.5. The molecule has 1 unspecified atom stereocenters. The van der Waals surface area contributed by atoms with Crippen molar-refractivity contribution in [3.8, 4) is 5.69 Å². The molecule has 1 aliphatic carbocycles. The lowest BCUT2D eigenvalue weighted by Crippen LogP contribution is -2.34. The predicted molar refractivity (Wildman–Crippen MR) is 110 cm³/mol. The van der Waals surface area contributed by atoms with E-state index in [-0.39, 0.29) is 11.3 Å². The lowest BCUT2D eigenvalue weighted by Gasteiger charge is -2.23. The highest BCUT2D eigenvalue weighted by Crippen LogP contribution is 2.50. The summed E-state index contributed by atoms with van der Waals surface area (Å²) in [7, 11) is 0. The number of carbonyl (C=O) groups is 1. The molecule has 0 bridgehead atoms. The molecule has 3 nitrogen and oxygen atoms in total. The molecular weight excluding hydrogens is 370 g/mol. The Bertz CT molecular complexity index is 1400. The first-order chi connectivity index (χ1) is 13.6. The summed E-state index contributed by atoms with van der Waals surface area (Å²) in [5, 5.41) is 1.94. The van der Waals surface area contributed by atoms with E-state index in [0.29, 0.717) is 16.8 Å². The van der Waals surface area contributed by atoms with Crippen LogP contribution in [0, 0.1) is 0 Å². The topological polar surface area (TPSA) is 39.1 Å². The smallest absolute Gasteiger partial charge is 0.263 e. The second-order valence-corrected chi connectivity index (χ2v) is 7.92. The van der Waals surface area contributed by atoms with E-state index in [0.717, 1.165) is 33.5 Å². The minimum absolute atomic E-state index is 0.0579. The van der Waals surface area contributed by atoms with Crippen LogP contribution >= 0.6 is 11.6 Å². The summed E-state index contributed by atoms with van der Waals surface area (Å²) >= 11 is 6.19. The van der Waals surface area contributed by atoms with E-state index in [4.69, 9.17) is 11.6 Å². The number of hydrogen-bond acceptors (Lipinski definition) is 2. The first kappa shape index (κ1) is 15.8. The van der Waals surface area contributed by atoms with Gasteiger partial charge in [-0.05, 0) is 53.3 Å². The number of pyridine rings is 1. The standard InChI is InChI=1S/C24H14ClNO2/c25-16-9-10-18-15(11-16)12-21-24(13-14-5-1-2-6-17(14)22(24)27)19-7-3-4-8-20(19)26(21)23(18)28/h1-12H,13H2. The Balaban J connectivity index is 1.78. The Hall–Kier alpha value is -3.17. The summed E-state index contributed by atoms with van der Waals surface area (Å²) in [5.74, 6) is 0.0579. The molecule has 0 radical (unpaired) electrons. The summed E-state index contributed by atoms with van der Waals surface area (Å²) in [6.45, 7) is 0. The maximum atomic E-state index is 13.7. The second-order valence-electron chi connectivity index (χ2n) is 7.49. The third kappa shape index (κ3) is 1.75. The van der Waals surface area contributed by atoms with Crippen molar-refractivity contribution in [1.82, 2.24) is 4.57 Å². The molecule has 6 rings (SSSR count). The van der Waals surface area contributed by atoms with Gasteiger partial charge in [0.05, 0.1) is 5.69 Å². The van der Waals surface area contributed by atoms with Gasteiger partial charge in [-0.25, -0.2) is 0 Å². The zero-order valence-electron chi connectivity index (χ0n) is 14.8. The van der Waals surface area contributed by atoms with E-state index in [1.54, 1.807) is 22.8 Å². The number of hydrogen-bond donors (Lipinski definition) is 0. The highest BCUT2D eigenvalue weighted by Gasteiger charge is 2.54. The lowest BCUT2D eigenvalue weighted by atomic mass is 9.75. The van der Waals surface area contributed by atoms with Gasteiger partial charge in [-0.3, -0.25) is 14.2 Å². The zero-order chi connectivity index (χ0) is 19.0. The Morgan fingerprint density at radius 2 is 1.68 bits per heavy atom. The largest absolute Gasteiger partial charge is 0.293 e. The van der Waals surface area contributed by atoms with Crippen LogP contribution in [0.5, 0.6) is 0 Å². The number of benzene rings is 3. The minimum Gasteiger partial charge on any atom is -0.293 e. The summed E-state index contributed by atoms with van der Waals surface area (Å²) in [5.41, 5.74) is 3.21. The molecule has 1 atom stereocenters. The molecule has 0 N–H and O–H groups in total. The van der Waals surface area contributed by atoms with Crippen LogP contribution in [0.4, 0.5) is 0 Å². The van der Waals surface area contributed by atoms with E-state index in [1.165, 1.54) is 0 Å². The van der Waals surface area contributed by atoms with Crippen LogP contribution in [-0.4, -0.2) is 10.4 Å². The molecule has 2 heterocycles. The van der Waals surface area contributed by atoms with Crippen LogP contribution < -0.4 is 5.56 Å². The molecule has 4 aromatic rings. The van der Waals surface area contributed by atoms with Gasteiger partial charge >= 0.3 is 0 Å². The maximum absolute atomic E-state index is 13.7. The average molecular weight is 384 g/mol. The summed E-state index contributed by atoms with van der Waals surface area (Å²) < 4.78 is 1.72. The first-order valence-electron chi connectivity index (χ1n) is 9.20. The van der Waals surface area contributed by atoms with Gasteiger partial charge in [0.2, 0.25) is 0 Å². The molecule has 0 saturated heterocycles. The Morgan fingerprint density at radius 1 is 0.893 bits per heavy atom. The van der Waals surface area contributed by atoms with Crippen molar-refractivity contribution in [3.63, 3.8) is 0 Å². The highest BCUT2D eigenvalue weighted by molar-refractivity contribution is 6.31. The van der Waals surface area contributed by atoms with Crippen LogP contribution in [-0.2, 0) is 11.8 Å². The fourth-order valence-electron chi connectivity index (χ4n) is 4.93. The number of halogens is 1. The quantitative estimate of drug-likeness (QED) is 0.442. The normalized spacial score (nSPS) is 19.1. The number of carbonyl (C=O) groups excluding carboxylic acids is 1. The second kappa shape index (κ2) is 5.21. The van der Waals surface area contributed by atoms with Crippen LogP contribution in [0.2, 0.25) is 5.02 Å². The van der Waals surface area contributed by atoms with Crippen molar-refractivity contribution < 1.29 is 4.79 Å². The van der Waals surface area contributed by atoms with E-state index < -0.39 is 5.41 Å². The highest BCUT2D eigenvalue weighted by atomic mass is 35.5. The molecular formula is C24H14ClNO2. The Labute approximate surface area is 165 Å². The van der Waals surface area contributed by atoms with E-state index in [2.05, 4.69) is 0 Å². The van der Waals surface area contributed by atoms with Gasteiger partial charge in [-0.2, -0.15) is 0 Å². The van der Waals surface area contributed by atoms with Crippen LogP contribution in [0.1, 0.15) is 27.2 Å². The third-order valence-corrected chi connectivity index (χ3v) is 6.36. The Kier molecular flexibility index (Phi) is 2.95. The van der Waals surface area contributed by atoms with E-state index in [9.17, 15) is 9.59 Å². The van der Waals surface area contributed by atoms with Gasteiger partial charge in [0.15, 0.2) is 5.78 Å². The number of ketones is 1. The molecule has 2 aliphatic rings. The minimum atomic E-state index is -0.865. The van der Waals surface area contributed by atoms with Gasteiger partial charge in [0, 0.05) is 21.7 Å². The molecule has 0 saturated carbocycles. The number of aromatic nitrogens is 1. The van der Waals surface area contributed by atoms with Crippen molar-refractivity contribution in [2.24, 2.45) is 0 Å². The molecule has 134 valence electrons. The fourth-order valence-corrected chi connectivity index (χ4v) is 5.11. The van der Waals surface area contributed by atoms with Gasteiger partial charge < -0.3 is 0 Å². The molecule has 1 spiro atoms. The van der Waals surface area contributed by atoms with E-state index >= 15 is 0 Å². The average Bonchev–Trinajstić information content (AvgIpc) is 3.16. The van der Waals surface area contributed by atoms with Crippen molar-refractivity contribution in [2.45, 2.75) is 11.8 Å².